The number of aromatic amines is 1. The summed E-state index contributed by atoms with van der Waals surface area (Å²) in [5.74, 6) is 0.824. The van der Waals surface area contributed by atoms with Crippen molar-refractivity contribution in [3.63, 3.8) is 0 Å². The van der Waals surface area contributed by atoms with Crippen LogP contribution in [0.25, 0.3) is 0 Å². The van der Waals surface area contributed by atoms with E-state index in [1.54, 1.807) is 11.9 Å². The topological polar surface area (TPSA) is 77.2 Å². The largest absolute Gasteiger partial charge is 0.337 e. The second kappa shape index (κ2) is 5.74. The molecule has 0 saturated carbocycles. The standard InChI is InChI=1S/C10H18N6O/c1-15(6-9-12-8-13-14-9)10(17)7-16-4-2-11-3-5-16/h8,11H,2-7H2,1H3,(H,12,13,14). The lowest BCUT2D eigenvalue weighted by molar-refractivity contribution is -0.131. The molecule has 0 atom stereocenters. The molecule has 0 spiro atoms. The van der Waals surface area contributed by atoms with Crippen LogP contribution in [-0.2, 0) is 11.3 Å². The van der Waals surface area contributed by atoms with Crippen molar-refractivity contribution in [3.05, 3.63) is 12.2 Å². The molecular formula is C10H18N6O. The molecule has 1 aromatic heterocycles. The van der Waals surface area contributed by atoms with Crippen molar-refractivity contribution in [2.75, 3.05) is 39.8 Å². The minimum absolute atomic E-state index is 0.114. The Morgan fingerprint density at radius 1 is 1.53 bits per heavy atom. The first-order chi connectivity index (χ1) is 8.25. The van der Waals surface area contributed by atoms with Gasteiger partial charge in [0.1, 0.15) is 12.2 Å². The third kappa shape index (κ3) is 3.50. The average Bonchev–Trinajstić information content (AvgIpc) is 2.83. The lowest BCUT2D eigenvalue weighted by atomic mass is 10.3. The molecule has 0 radical (unpaired) electrons. The number of hydrogen-bond donors (Lipinski definition) is 2. The predicted molar refractivity (Wildman–Crippen MR) is 62.2 cm³/mol. The minimum Gasteiger partial charge on any atom is -0.337 e. The fourth-order valence-electron chi connectivity index (χ4n) is 1.80. The molecule has 7 nitrogen and oxygen atoms in total. The maximum absolute atomic E-state index is 11.9. The van der Waals surface area contributed by atoms with Gasteiger partial charge in [0.15, 0.2) is 0 Å². The Morgan fingerprint density at radius 3 is 2.94 bits per heavy atom. The maximum Gasteiger partial charge on any atom is 0.236 e. The van der Waals surface area contributed by atoms with Crippen LogP contribution in [0.5, 0.6) is 0 Å². The predicted octanol–water partition coefficient (Wildman–Crippen LogP) is -1.33. The second-order valence-electron chi connectivity index (χ2n) is 4.21. The van der Waals surface area contributed by atoms with Gasteiger partial charge in [-0.05, 0) is 0 Å². The molecule has 1 aliphatic rings. The zero-order chi connectivity index (χ0) is 12.1. The monoisotopic (exact) mass is 238 g/mol. The van der Waals surface area contributed by atoms with Crippen LogP contribution in [0.15, 0.2) is 6.33 Å². The highest BCUT2D eigenvalue weighted by Crippen LogP contribution is 1.98. The molecule has 1 fully saturated rings. The number of amides is 1. The first kappa shape index (κ1) is 12.0. The number of aromatic nitrogens is 3. The zero-order valence-electron chi connectivity index (χ0n) is 10.0. The van der Waals surface area contributed by atoms with Crippen LogP contribution in [0.2, 0.25) is 0 Å². The molecular weight excluding hydrogens is 220 g/mol. The summed E-state index contributed by atoms with van der Waals surface area (Å²) in [6.45, 7) is 4.74. The summed E-state index contributed by atoms with van der Waals surface area (Å²) in [6.07, 6.45) is 1.45. The van der Waals surface area contributed by atoms with E-state index >= 15 is 0 Å². The normalized spacial score (nSPS) is 17.0. The Hall–Kier alpha value is -1.47. The van der Waals surface area contributed by atoms with Gasteiger partial charge in [0.25, 0.3) is 0 Å². The Balaban J connectivity index is 1.78. The molecule has 1 aliphatic heterocycles. The first-order valence-corrected chi connectivity index (χ1v) is 5.77. The van der Waals surface area contributed by atoms with Crippen LogP contribution < -0.4 is 5.32 Å². The van der Waals surface area contributed by atoms with Crippen LogP contribution in [-0.4, -0.2) is 70.7 Å². The minimum atomic E-state index is 0.114. The van der Waals surface area contributed by atoms with Crippen molar-refractivity contribution in [1.29, 1.82) is 0 Å². The fourth-order valence-corrected chi connectivity index (χ4v) is 1.80. The molecule has 7 heteroatoms. The molecule has 0 unspecified atom stereocenters. The number of carbonyl (C=O) groups excluding carboxylic acids is 1. The van der Waals surface area contributed by atoms with Crippen LogP contribution in [0.1, 0.15) is 5.82 Å². The van der Waals surface area contributed by atoms with Gasteiger partial charge in [-0.15, -0.1) is 0 Å². The first-order valence-electron chi connectivity index (χ1n) is 5.77. The second-order valence-corrected chi connectivity index (χ2v) is 4.21. The van der Waals surface area contributed by atoms with Crippen molar-refractivity contribution in [3.8, 4) is 0 Å². The van der Waals surface area contributed by atoms with Gasteiger partial charge in [-0.3, -0.25) is 14.8 Å². The van der Waals surface area contributed by atoms with Crippen molar-refractivity contribution < 1.29 is 4.79 Å². The summed E-state index contributed by atoms with van der Waals surface area (Å²) < 4.78 is 0. The van der Waals surface area contributed by atoms with Crippen LogP contribution in [0, 0.1) is 0 Å². The lowest BCUT2D eigenvalue weighted by Crippen LogP contribution is -2.47. The Morgan fingerprint density at radius 2 is 2.29 bits per heavy atom. The van der Waals surface area contributed by atoms with E-state index in [1.807, 2.05) is 0 Å². The molecule has 2 N–H and O–H groups in total. The molecule has 0 aliphatic carbocycles. The van der Waals surface area contributed by atoms with E-state index in [2.05, 4.69) is 25.4 Å². The molecule has 0 bridgehead atoms. The van der Waals surface area contributed by atoms with Crippen molar-refractivity contribution in [1.82, 2.24) is 30.3 Å². The highest BCUT2D eigenvalue weighted by molar-refractivity contribution is 5.77. The number of hydrogen-bond acceptors (Lipinski definition) is 5. The highest BCUT2D eigenvalue weighted by atomic mass is 16.2. The van der Waals surface area contributed by atoms with E-state index in [1.165, 1.54) is 6.33 Å². The Bertz CT molecular complexity index is 346. The van der Waals surface area contributed by atoms with E-state index in [0.717, 1.165) is 26.2 Å². The van der Waals surface area contributed by atoms with E-state index in [4.69, 9.17) is 0 Å². The van der Waals surface area contributed by atoms with Gasteiger partial charge in [-0.1, -0.05) is 0 Å². The van der Waals surface area contributed by atoms with E-state index in [9.17, 15) is 4.79 Å². The summed E-state index contributed by atoms with van der Waals surface area (Å²) >= 11 is 0. The van der Waals surface area contributed by atoms with Gasteiger partial charge < -0.3 is 10.2 Å². The quantitative estimate of drug-likeness (QED) is 0.679. The summed E-state index contributed by atoms with van der Waals surface area (Å²) in [7, 11) is 1.78. The SMILES string of the molecule is CN(Cc1ncn[nH]1)C(=O)CN1CCNCC1. The highest BCUT2D eigenvalue weighted by Gasteiger charge is 2.16. The van der Waals surface area contributed by atoms with Gasteiger partial charge in [-0.2, -0.15) is 5.10 Å². The third-order valence-electron chi connectivity index (χ3n) is 2.85. The number of likely N-dealkylation sites (N-methyl/N-ethyl adjacent to an activating group) is 1. The van der Waals surface area contributed by atoms with E-state index < -0.39 is 0 Å². The molecule has 1 saturated heterocycles. The van der Waals surface area contributed by atoms with Crippen LogP contribution in [0.4, 0.5) is 0 Å². The number of H-pyrrole nitrogens is 1. The Labute approximate surface area is 100 Å². The molecule has 94 valence electrons. The van der Waals surface area contributed by atoms with Crippen molar-refractivity contribution >= 4 is 5.91 Å². The lowest BCUT2D eigenvalue weighted by Gasteiger charge is -2.28. The molecule has 2 rings (SSSR count). The summed E-state index contributed by atoms with van der Waals surface area (Å²) in [5, 5.41) is 9.77. The number of carbonyl (C=O) groups is 1. The molecule has 17 heavy (non-hydrogen) atoms. The Kier molecular flexibility index (Phi) is 4.05. The average molecular weight is 238 g/mol. The van der Waals surface area contributed by atoms with Gasteiger partial charge in [-0.25, -0.2) is 4.98 Å². The zero-order valence-corrected chi connectivity index (χ0v) is 10.0. The summed E-state index contributed by atoms with van der Waals surface area (Å²) in [5.41, 5.74) is 0. The van der Waals surface area contributed by atoms with E-state index in [0.29, 0.717) is 18.9 Å². The van der Waals surface area contributed by atoms with Gasteiger partial charge in [0.05, 0.1) is 13.1 Å². The summed E-state index contributed by atoms with van der Waals surface area (Å²) in [6, 6.07) is 0. The van der Waals surface area contributed by atoms with Crippen LogP contribution >= 0.6 is 0 Å². The van der Waals surface area contributed by atoms with Crippen molar-refractivity contribution in [2.24, 2.45) is 0 Å². The van der Waals surface area contributed by atoms with Gasteiger partial charge >= 0.3 is 0 Å². The number of piperazine rings is 1. The third-order valence-corrected chi connectivity index (χ3v) is 2.85. The number of nitrogens with one attached hydrogen (secondary N) is 2. The molecule has 1 aromatic rings. The molecule has 0 aromatic carbocycles. The number of rotatable bonds is 4. The molecule has 2 heterocycles. The van der Waals surface area contributed by atoms with Crippen LogP contribution in [0.3, 0.4) is 0 Å². The smallest absolute Gasteiger partial charge is 0.236 e. The molecule has 1 amide bonds. The van der Waals surface area contributed by atoms with Gasteiger partial charge in [0.2, 0.25) is 5.91 Å². The van der Waals surface area contributed by atoms with Gasteiger partial charge in [0, 0.05) is 33.2 Å². The number of nitrogens with zero attached hydrogens (tertiary/aromatic N) is 4. The van der Waals surface area contributed by atoms with E-state index in [-0.39, 0.29) is 5.91 Å². The summed E-state index contributed by atoms with van der Waals surface area (Å²) in [4.78, 5) is 19.8. The maximum atomic E-state index is 11.9. The fraction of sp³-hybridized carbons (Fsp3) is 0.700. The van der Waals surface area contributed by atoms with Crippen molar-refractivity contribution in [2.45, 2.75) is 6.54 Å².